The first-order valence-corrected chi connectivity index (χ1v) is 6.00. The first-order valence-electron chi connectivity index (χ1n) is 4.39. The van der Waals surface area contributed by atoms with Crippen molar-refractivity contribution in [1.82, 2.24) is 19.9 Å². The van der Waals surface area contributed by atoms with Crippen LogP contribution in [0, 0.1) is 0 Å². The molecule has 0 saturated heterocycles. The third kappa shape index (κ3) is 2.01. The van der Waals surface area contributed by atoms with Crippen molar-refractivity contribution in [1.29, 1.82) is 0 Å². The zero-order valence-corrected chi connectivity index (χ0v) is 9.05. The highest BCUT2D eigenvalue weighted by atomic mass is 31.2. The molecule has 0 bridgehead atoms. The van der Waals surface area contributed by atoms with E-state index in [2.05, 4.69) is 26.5 Å². The molecule has 8 heteroatoms. The summed E-state index contributed by atoms with van der Waals surface area (Å²) in [6, 6.07) is 0. The van der Waals surface area contributed by atoms with E-state index in [-0.39, 0.29) is 5.65 Å². The van der Waals surface area contributed by atoms with Crippen molar-refractivity contribution in [2.75, 3.05) is 0 Å². The second-order valence-corrected chi connectivity index (χ2v) is 4.62. The topological polar surface area (TPSA) is 112 Å². The second-order valence-electron chi connectivity index (χ2n) is 3.13. The Kier molecular flexibility index (Phi) is 2.59. The van der Waals surface area contributed by atoms with E-state index in [9.17, 15) is 4.57 Å². The van der Waals surface area contributed by atoms with Crippen LogP contribution in [0.2, 0.25) is 0 Å². The number of aromatic amines is 1. The molecule has 0 aliphatic heterocycles. The molecule has 0 saturated carbocycles. The van der Waals surface area contributed by atoms with Crippen molar-refractivity contribution in [3.63, 3.8) is 0 Å². The number of nitrogens with one attached hydrogen (secondary N) is 1. The minimum Gasteiger partial charge on any atom is -0.339 e. The third-order valence-corrected chi connectivity index (χ3v) is 2.61. The molecule has 0 aliphatic rings. The van der Waals surface area contributed by atoms with Gasteiger partial charge in [0, 0.05) is 6.42 Å². The lowest BCUT2D eigenvalue weighted by molar-refractivity contribution is 0.385. The van der Waals surface area contributed by atoms with E-state index in [1.807, 2.05) is 0 Å². The molecule has 0 fully saturated rings. The van der Waals surface area contributed by atoms with Crippen molar-refractivity contribution < 1.29 is 14.4 Å². The van der Waals surface area contributed by atoms with Gasteiger partial charge in [-0.3, -0.25) is 4.57 Å². The van der Waals surface area contributed by atoms with Gasteiger partial charge in [0.1, 0.15) is 11.3 Å². The van der Waals surface area contributed by atoms with Gasteiger partial charge in [-0.15, -0.1) is 6.58 Å². The summed E-state index contributed by atoms with van der Waals surface area (Å²) in [4.78, 5) is 32.0. The van der Waals surface area contributed by atoms with Gasteiger partial charge < -0.3 is 14.8 Å². The van der Waals surface area contributed by atoms with Gasteiger partial charge in [0.05, 0.1) is 6.20 Å². The lowest BCUT2D eigenvalue weighted by Crippen LogP contribution is -2.13. The molecule has 16 heavy (non-hydrogen) atoms. The van der Waals surface area contributed by atoms with E-state index < -0.39 is 13.2 Å². The number of nitrogens with zero attached hydrogens (tertiary/aromatic N) is 3. The Hall–Kier alpha value is -1.56. The van der Waals surface area contributed by atoms with E-state index in [4.69, 9.17) is 9.79 Å². The lowest BCUT2D eigenvalue weighted by atomic mass is 10.4. The van der Waals surface area contributed by atoms with Crippen LogP contribution in [0.4, 0.5) is 0 Å². The summed E-state index contributed by atoms with van der Waals surface area (Å²) in [7, 11) is -4.42. The van der Waals surface area contributed by atoms with Crippen LogP contribution in [-0.4, -0.2) is 29.7 Å². The standard InChI is InChI=1S/C8H9N4O3P/c1-2-3-6-10-5-4-9-8(16(13,14)15)12-7(5)11-6/h2,4H,1,3H2,(H2,13,14,15)(H,9,10,11,12). The molecule has 0 aliphatic carbocycles. The van der Waals surface area contributed by atoms with Crippen molar-refractivity contribution in [2.24, 2.45) is 0 Å². The Bertz CT molecular complexity index is 588. The van der Waals surface area contributed by atoms with Crippen LogP contribution in [-0.2, 0) is 11.0 Å². The number of imidazole rings is 1. The number of aromatic nitrogens is 4. The summed E-state index contributed by atoms with van der Waals surface area (Å²) < 4.78 is 10.9. The maximum Gasteiger partial charge on any atom is 0.393 e. The largest absolute Gasteiger partial charge is 0.393 e. The summed E-state index contributed by atoms with van der Waals surface area (Å²) in [5, 5.41) is 0. The SMILES string of the molecule is C=CCc1nc2nc(P(=O)(O)O)ncc2[nH]1. The molecule has 3 N–H and O–H groups in total. The van der Waals surface area contributed by atoms with Crippen LogP contribution in [0.3, 0.4) is 0 Å². The molecule has 84 valence electrons. The van der Waals surface area contributed by atoms with Crippen molar-refractivity contribution in [3.8, 4) is 0 Å². The minimum absolute atomic E-state index is 0.241. The van der Waals surface area contributed by atoms with Gasteiger partial charge in [-0.05, 0) is 0 Å². The number of H-pyrrole nitrogens is 1. The van der Waals surface area contributed by atoms with Gasteiger partial charge in [-0.25, -0.2) is 9.97 Å². The molecule has 2 rings (SSSR count). The highest BCUT2D eigenvalue weighted by Gasteiger charge is 2.22. The predicted molar refractivity (Wildman–Crippen MR) is 57.3 cm³/mol. The Morgan fingerprint density at radius 1 is 1.50 bits per heavy atom. The van der Waals surface area contributed by atoms with E-state index in [0.29, 0.717) is 17.8 Å². The molecule has 2 aromatic rings. The van der Waals surface area contributed by atoms with Crippen molar-refractivity contribution >= 4 is 24.3 Å². The third-order valence-electron chi connectivity index (χ3n) is 1.87. The average Bonchev–Trinajstić information content (AvgIpc) is 2.57. The first-order chi connectivity index (χ1) is 7.50. The molecule has 0 amide bonds. The highest BCUT2D eigenvalue weighted by molar-refractivity contribution is 7.59. The fraction of sp³-hybridized carbons (Fsp3) is 0.125. The second kappa shape index (κ2) is 3.79. The average molecular weight is 240 g/mol. The fourth-order valence-corrected chi connectivity index (χ4v) is 1.66. The fourth-order valence-electron chi connectivity index (χ4n) is 1.22. The van der Waals surface area contributed by atoms with Gasteiger partial charge in [-0.2, -0.15) is 4.98 Å². The van der Waals surface area contributed by atoms with Gasteiger partial charge in [0.2, 0.25) is 5.57 Å². The van der Waals surface area contributed by atoms with E-state index >= 15 is 0 Å². The van der Waals surface area contributed by atoms with Crippen LogP contribution < -0.4 is 5.57 Å². The van der Waals surface area contributed by atoms with Crippen LogP contribution in [0.25, 0.3) is 11.2 Å². The minimum atomic E-state index is -4.42. The zero-order chi connectivity index (χ0) is 11.8. The Morgan fingerprint density at radius 2 is 2.25 bits per heavy atom. The lowest BCUT2D eigenvalue weighted by Gasteiger charge is -1.99. The van der Waals surface area contributed by atoms with E-state index in [1.54, 1.807) is 6.08 Å². The summed E-state index contributed by atoms with van der Waals surface area (Å²) in [6.45, 7) is 3.56. The van der Waals surface area contributed by atoms with Crippen LogP contribution in [0.5, 0.6) is 0 Å². The summed E-state index contributed by atoms with van der Waals surface area (Å²) in [6.07, 6.45) is 3.49. The quantitative estimate of drug-likeness (QED) is 0.509. The highest BCUT2D eigenvalue weighted by Crippen LogP contribution is 2.31. The zero-order valence-electron chi connectivity index (χ0n) is 8.16. The summed E-state index contributed by atoms with van der Waals surface area (Å²) >= 11 is 0. The number of hydrogen-bond donors (Lipinski definition) is 3. The molecule has 7 nitrogen and oxygen atoms in total. The maximum absolute atomic E-state index is 10.9. The van der Waals surface area contributed by atoms with E-state index in [1.165, 1.54) is 6.20 Å². The number of allylic oxidation sites excluding steroid dienone is 1. The van der Waals surface area contributed by atoms with Crippen LogP contribution in [0.1, 0.15) is 5.82 Å². The Morgan fingerprint density at radius 3 is 2.88 bits per heavy atom. The smallest absolute Gasteiger partial charge is 0.339 e. The molecule has 0 spiro atoms. The van der Waals surface area contributed by atoms with Crippen LogP contribution >= 0.6 is 7.60 Å². The Balaban J connectivity index is 2.54. The molecule has 0 unspecified atom stereocenters. The summed E-state index contributed by atoms with van der Waals surface area (Å²) in [5.74, 6) is 0.627. The van der Waals surface area contributed by atoms with E-state index in [0.717, 1.165) is 0 Å². The molecule has 0 radical (unpaired) electrons. The first kappa shape index (κ1) is 10.9. The molecule has 0 aromatic carbocycles. The van der Waals surface area contributed by atoms with Crippen LogP contribution in [0.15, 0.2) is 18.9 Å². The monoisotopic (exact) mass is 240 g/mol. The van der Waals surface area contributed by atoms with Gasteiger partial charge >= 0.3 is 7.60 Å². The molecule has 2 aromatic heterocycles. The predicted octanol–water partition coefficient (Wildman–Crippen LogP) is -0.116. The summed E-state index contributed by atoms with van der Waals surface area (Å²) in [5.41, 5.74) is 0.260. The van der Waals surface area contributed by atoms with Gasteiger partial charge in [0.25, 0.3) is 0 Å². The normalized spacial score (nSPS) is 11.9. The molecular weight excluding hydrogens is 231 g/mol. The van der Waals surface area contributed by atoms with Crippen molar-refractivity contribution in [2.45, 2.75) is 6.42 Å². The Labute approximate surface area is 90.4 Å². The molecular formula is C8H9N4O3P. The number of hydrogen-bond acceptors (Lipinski definition) is 4. The van der Waals surface area contributed by atoms with Gasteiger partial charge in [-0.1, -0.05) is 6.08 Å². The maximum atomic E-state index is 10.9. The molecule has 2 heterocycles. The van der Waals surface area contributed by atoms with Gasteiger partial charge in [0.15, 0.2) is 5.65 Å². The number of fused-ring (bicyclic) bond motifs is 1. The van der Waals surface area contributed by atoms with Crippen molar-refractivity contribution in [3.05, 3.63) is 24.7 Å². The number of rotatable bonds is 3. The molecule has 0 atom stereocenters.